The van der Waals surface area contributed by atoms with Crippen molar-refractivity contribution in [1.29, 1.82) is 0 Å². The number of likely N-dealkylation sites (N-methyl/N-ethyl adjacent to an activating group) is 1. The van der Waals surface area contributed by atoms with Gasteiger partial charge in [-0.25, -0.2) is 0 Å². The zero-order valence-corrected chi connectivity index (χ0v) is 11.7. The predicted molar refractivity (Wildman–Crippen MR) is 72.1 cm³/mol. The molecule has 18 heavy (non-hydrogen) atoms. The Labute approximate surface area is 112 Å². The first kappa shape index (κ1) is 12.3. The summed E-state index contributed by atoms with van der Waals surface area (Å²) in [4.78, 5) is 4.78. The van der Waals surface area contributed by atoms with Gasteiger partial charge in [-0.05, 0) is 19.9 Å². The molecule has 1 aromatic heterocycles. The number of aromatic nitrogens is 2. The molecule has 0 radical (unpaired) electrons. The molecule has 2 fully saturated rings. The third-order valence-electron chi connectivity index (χ3n) is 3.91. The average molecular weight is 268 g/mol. The molecule has 0 N–H and O–H groups in total. The van der Waals surface area contributed by atoms with E-state index in [4.69, 9.17) is 4.74 Å². The normalized spacial score (nSPS) is 30.6. The van der Waals surface area contributed by atoms with Crippen LogP contribution < -0.4 is 4.90 Å². The average Bonchev–Trinajstić information content (AvgIpc) is 2.83. The van der Waals surface area contributed by atoms with Crippen LogP contribution in [0.3, 0.4) is 0 Å². The van der Waals surface area contributed by atoms with Gasteiger partial charge in [0.05, 0.1) is 13.2 Å². The summed E-state index contributed by atoms with van der Waals surface area (Å²) in [5.41, 5.74) is 2.08. The summed E-state index contributed by atoms with van der Waals surface area (Å²) in [5, 5.41) is 9.21. The van der Waals surface area contributed by atoms with Crippen molar-refractivity contribution in [2.45, 2.75) is 12.8 Å². The lowest BCUT2D eigenvalue weighted by Gasteiger charge is -2.42. The molecule has 0 bridgehead atoms. The Morgan fingerprint density at radius 3 is 3.17 bits per heavy atom. The minimum absolute atomic E-state index is 0.273. The summed E-state index contributed by atoms with van der Waals surface area (Å²) in [5.74, 6) is 0. The van der Waals surface area contributed by atoms with E-state index in [2.05, 4.69) is 27.0 Å². The van der Waals surface area contributed by atoms with Crippen LogP contribution in [0, 0.1) is 5.41 Å². The Bertz CT molecular complexity index is 385. The molecular formula is C12H20N4OS. The molecule has 1 atom stereocenters. The second kappa shape index (κ2) is 5.11. The molecule has 0 aliphatic carbocycles. The number of piperidine rings is 1. The van der Waals surface area contributed by atoms with E-state index in [9.17, 15) is 0 Å². The second-order valence-electron chi connectivity index (χ2n) is 5.54. The molecule has 2 aliphatic heterocycles. The van der Waals surface area contributed by atoms with Crippen molar-refractivity contribution < 1.29 is 4.74 Å². The Kier molecular flexibility index (Phi) is 3.50. The summed E-state index contributed by atoms with van der Waals surface area (Å²) in [7, 11) is 2.19. The standard InChI is InChI=1S/C12H20N4OS/c1-15-5-6-17-9-12(7-15)3-2-4-16(8-12)11-14-13-10-18-11/h10H,2-9H2,1H3. The van der Waals surface area contributed by atoms with E-state index in [0.717, 1.165) is 44.5 Å². The Morgan fingerprint density at radius 2 is 2.33 bits per heavy atom. The molecule has 0 amide bonds. The number of hydrogen-bond donors (Lipinski definition) is 0. The van der Waals surface area contributed by atoms with E-state index in [1.54, 1.807) is 11.3 Å². The highest BCUT2D eigenvalue weighted by Crippen LogP contribution is 2.35. The van der Waals surface area contributed by atoms with Crippen molar-refractivity contribution >= 4 is 16.5 Å². The topological polar surface area (TPSA) is 41.5 Å². The van der Waals surface area contributed by atoms with Gasteiger partial charge in [-0.1, -0.05) is 11.3 Å². The molecule has 6 heteroatoms. The van der Waals surface area contributed by atoms with Crippen molar-refractivity contribution in [3.63, 3.8) is 0 Å². The van der Waals surface area contributed by atoms with Crippen molar-refractivity contribution in [2.24, 2.45) is 5.41 Å². The first-order valence-corrected chi connectivity index (χ1v) is 7.43. The molecule has 3 rings (SSSR count). The van der Waals surface area contributed by atoms with Crippen LogP contribution in [0.25, 0.3) is 0 Å². The molecular weight excluding hydrogens is 248 g/mol. The first-order chi connectivity index (χ1) is 8.77. The van der Waals surface area contributed by atoms with E-state index in [1.165, 1.54) is 12.8 Å². The SMILES string of the molecule is CN1CCOCC2(CCCN(c3nncs3)C2)C1. The smallest absolute Gasteiger partial charge is 0.208 e. The van der Waals surface area contributed by atoms with E-state index >= 15 is 0 Å². The van der Waals surface area contributed by atoms with Gasteiger partial charge >= 0.3 is 0 Å². The van der Waals surface area contributed by atoms with Crippen LogP contribution >= 0.6 is 11.3 Å². The van der Waals surface area contributed by atoms with Gasteiger partial charge in [0.15, 0.2) is 0 Å². The van der Waals surface area contributed by atoms with E-state index in [0.29, 0.717) is 0 Å². The first-order valence-electron chi connectivity index (χ1n) is 6.55. The Balaban J connectivity index is 1.75. The van der Waals surface area contributed by atoms with Crippen LogP contribution in [-0.4, -0.2) is 61.5 Å². The summed E-state index contributed by atoms with van der Waals surface area (Å²) in [6.07, 6.45) is 2.48. The van der Waals surface area contributed by atoms with Gasteiger partial charge in [-0.2, -0.15) is 0 Å². The largest absolute Gasteiger partial charge is 0.379 e. The van der Waals surface area contributed by atoms with Gasteiger partial charge in [-0.3, -0.25) is 0 Å². The molecule has 0 saturated carbocycles. The molecule has 1 unspecified atom stereocenters. The number of ether oxygens (including phenoxy) is 1. The monoisotopic (exact) mass is 268 g/mol. The van der Waals surface area contributed by atoms with Crippen LogP contribution in [0.15, 0.2) is 5.51 Å². The zero-order chi connectivity index (χ0) is 12.4. The van der Waals surface area contributed by atoms with Gasteiger partial charge in [0.1, 0.15) is 5.51 Å². The maximum Gasteiger partial charge on any atom is 0.208 e. The number of hydrogen-bond acceptors (Lipinski definition) is 6. The fourth-order valence-corrected chi connectivity index (χ4v) is 3.72. The van der Waals surface area contributed by atoms with Crippen molar-refractivity contribution in [3.8, 4) is 0 Å². The summed E-state index contributed by atoms with van der Waals surface area (Å²) >= 11 is 1.63. The molecule has 0 aromatic carbocycles. The quantitative estimate of drug-likeness (QED) is 0.762. The number of rotatable bonds is 1. The van der Waals surface area contributed by atoms with Crippen molar-refractivity contribution in [1.82, 2.24) is 15.1 Å². The van der Waals surface area contributed by atoms with Gasteiger partial charge in [-0.15, -0.1) is 10.2 Å². The highest BCUT2D eigenvalue weighted by molar-refractivity contribution is 7.13. The third kappa shape index (κ3) is 2.50. The third-order valence-corrected chi connectivity index (χ3v) is 4.66. The van der Waals surface area contributed by atoms with Crippen LogP contribution in [0.4, 0.5) is 5.13 Å². The lowest BCUT2D eigenvalue weighted by atomic mass is 9.80. The van der Waals surface area contributed by atoms with Crippen LogP contribution in [0.5, 0.6) is 0 Å². The van der Waals surface area contributed by atoms with E-state index in [1.807, 2.05) is 5.51 Å². The second-order valence-corrected chi connectivity index (χ2v) is 6.35. The fourth-order valence-electron chi connectivity index (χ4n) is 3.13. The molecule has 1 spiro atoms. The Morgan fingerprint density at radius 1 is 1.39 bits per heavy atom. The van der Waals surface area contributed by atoms with E-state index in [-0.39, 0.29) is 5.41 Å². The van der Waals surface area contributed by atoms with Gasteiger partial charge < -0.3 is 14.5 Å². The predicted octanol–water partition coefficient (Wildman–Crippen LogP) is 1.09. The maximum absolute atomic E-state index is 5.82. The lowest BCUT2D eigenvalue weighted by Crippen LogP contribution is -2.50. The van der Waals surface area contributed by atoms with Crippen LogP contribution in [0.2, 0.25) is 0 Å². The van der Waals surface area contributed by atoms with Crippen molar-refractivity contribution in [3.05, 3.63) is 5.51 Å². The van der Waals surface area contributed by atoms with Crippen LogP contribution in [-0.2, 0) is 4.74 Å². The molecule has 2 saturated heterocycles. The van der Waals surface area contributed by atoms with Gasteiger partial charge in [0.2, 0.25) is 5.13 Å². The summed E-state index contributed by atoms with van der Waals surface area (Å²) in [6, 6.07) is 0. The minimum atomic E-state index is 0.273. The molecule has 2 aliphatic rings. The fraction of sp³-hybridized carbons (Fsp3) is 0.833. The molecule has 3 heterocycles. The maximum atomic E-state index is 5.82. The molecule has 1 aromatic rings. The summed E-state index contributed by atoms with van der Waals surface area (Å²) < 4.78 is 5.82. The number of nitrogens with zero attached hydrogens (tertiary/aromatic N) is 4. The zero-order valence-electron chi connectivity index (χ0n) is 10.8. The van der Waals surface area contributed by atoms with Crippen molar-refractivity contribution in [2.75, 3.05) is 51.3 Å². The molecule has 100 valence electrons. The van der Waals surface area contributed by atoms with Gasteiger partial charge in [0.25, 0.3) is 0 Å². The molecule has 5 nitrogen and oxygen atoms in total. The minimum Gasteiger partial charge on any atom is -0.379 e. The summed E-state index contributed by atoms with van der Waals surface area (Å²) in [6.45, 7) is 6.06. The highest BCUT2D eigenvalue weighted by atomic mass is 32.1. The van der Waals surface area contributed by atoms with Crippen LogP contribution in [0.1, 0.15) is 12.8 Å². The number of anilines is 1. The lowest BCUT2D eigenvalue weighted by molar-refractivity contribution is 0.0570. The van der Waals surface area contributed by atoms with E-state index < -0.39 is 0 Å². The van der Waals surface area contributed by atoms with Gasteiger partial charge in [0, 0.05) is 31.6 Å². The Hall–Kier alpha value is -0.720. The highest BCUT2D eigenvalue weighted by Gasteiger charge is 2.38.